The zero-order valence-electron chi connectivity index (χ0n) is 16.5. The molecular formula is C20H24N2O5S. The van der Waals surface area contributed by atoms with E-state index < -0.39 is 16.0 Å². The number of rotatable bonds is 6. The molecule has 1 aromatic heterocycles. The van der Waals surface area contributed by atoms with Gasteiger partial charge in [-0.1, -0.05) is 0 Å². The van der Waals surface area contributed by atoms with E-state index in [9.17, 15) is 18.0 Å². The summed E-state index contributed by atoms with van der Waals surface area (Å²) in [5.74, 6) is -0.844. The second-order valence-corrected chi connectivity index (χ2v) is 8.86. The molecule has 1 aliphatic rings. The van der Waals surface area contributed by atoms with Gasteiger partial charge in [0.25, 0.3) is 0 Å². The number of Topliss-reactive ketones (excluding diaryl/α,β-unsaturated/α-hetero) is 1. The number of ketones is 1. The van der Waals surface area contributed by atoms with E-state index in [2.05, 4.69) is 0 Å². The Kier molecular flexibility index (Phi) is 5.34. The predicted octanol–water partition coefficient (Wildman–Crippen LogP) is 2.49. The van der Waals surface area contributed by atoms with Crippen molar-refractivity contribution in [2.45, 2.75) is 33.7 Å². The Hall–Kier alpha value is -2.61. The van der Waals surface area contributed by atoms with Gasteiger partial charge in [-0.25, -0.2) is 13.2 Å². The fraction of sp³-hybridized carbons (Fsp3) is 0.400. The number of fused-ring (bicyclic) bond motifs is 1. The number of carbonyl (C=O) groups is 2. The van der Waals surface area contributed by atoms with E-state index in [4.69, 9.17) is 4.74 Å². The Morgan fingerprint density at radius 2 is 1.89 bits per heavy atom. The van der Waals surface area contributed by atoms with Gasteiger partial charge < -0.3 is 9.30 Å². The van der Waals surface area contributed by atoms with Crippen molar-refractivity contribution in [2.75, 3.05) is 23.7 Å². The molecule has 150 valence electrons. The Balaban J connectivity index is 1.70. The molecule has 2 aromatic rings. The molecule has 7 nitrogen and oxygen atoms in total. The van der Waals surface area contributed by atoms with Gasteiger partial charge in [-0.3, -0.25) is 9.10 Å². The van der Waals surface area contributed by atoms with Crippen molar-refractivity contribution in [1.82, 2.24) is 4.57 Å². The number of esters is 1. The highest BCUT2D eigenvalue weighted by Gasteiger charge is 2.27. The van der Waals surface area contributed by atoms with Gasteiger partial charge in [-0.2, -0.15) is 0 Å². The van der Waals surface area contributed by atoms with Gasteiger partial charge in [0.05, 0.1) is 17.5 Å². The van der Waals surface area contributed by atoms with Crippen molar-refractivity contribution >= 4 is 27.5 Å². The average molecular weight is 404 g/mol. The van der Waals surface area contributed by atoms with Crippen LogP contribution in [0.5, 0.6) is 0 Å². The minimum Gasteiger partial charge on any atom is -0.454 e. The summed E-state index contributed by atoms with van der Waals surface area (Å²) in [4.78, 5) is 24.8. The number of nitrogens with zero attached hydrogens (tertiary/aromatic N) is 2. The molecule has 1 aromatic carbocycles. The molecule has 0 fully saturated rings. The lowest BCUT2D eigenvalue weighted by Gasteiger charge is -2.16. The van der Waals surface area contributed by atoms with Crippen LogP contribution in [0.1, 0.15) is 44.6 Å². The Morgan fingerprint density at radius 3 is 2.50 bits per heavy atom. The zero-order chi connectivity index (χ0) is 20.6. The van der Waals surface area contributed by atoms with Crippen molar-refractivity contribution in [3.8, 4) is 0 Å². The standard InChI is InChI=1S/C20H24N2O5S/c1-5-21-13(2)10-17(14(21)3)19(23)12-27-20(24)16-6-7-18-15(11-16)8-9-22(18)28(4,25)26/h6-7,10-11H,5,8-9,12H2,1-4H3. The molecule has 8 heteroatoms. The molecule has 0 spiro atoms. The van der Waals surface area contributed by atoms with Crippen LogP contribution in [0.4, 0.5) is 5.69 Å². The van der Waals surface area contributed by atoms with E-state index in [1.807, 2.05) is 31.4 Å². The molecule has 0 aliphatic carbocycles. The van der Waals surface area contributed by atoms with Crippen molar-refractivity contribution in [3.63, 3.8) is 0 Å². The smallest absolute Gasteiger partial charge is 0.338 e. The maximum atomic E-state index is 12.5. The average Bonchev–Trinajstić information content (AvgIpc) is 3.19. The molecule has 28 heavy (non-hydrogen) atoms. The van der Waals surface area contributed by atoms with Crippen LogP contribution in [0, 0.1) is 13.8 Å². The molecule has 0 radical (unpaired) electrons. The van der Waals surface area contributed by atoms with Crippen molar-refractivity contribution in [3.05, 3.63) is 52.3 Å². The van der Waals surface area contributed by atoms with Crippen molar-refractivity contribution in [1.29, 1.82) is 0 Å². The number of sulfonamides is 1. The summed E-state index contributed by atoms with van der Waals surface area (Å²) in [6.07, 6.45) is 1.69. The van der Waals surface area contributed by atoms with Crippen LogP contribution >= 0.6 is 0 Å². The molecular weight excluding hydrogens is 380 g/mol. The maximum Gasteiger partial charge on any atom is 0.338 e. The van der Waals surface area contributed by atoms with E-state index in [0.717, 1.165) is 29.8 Å². The maximum absolute atomic E-state index is 12.5. The predicted molar refractivity (Wildman–Crippen MR) is 107 cm³/mol. The second kappa shape index (κ2) is 7.43. The van der Waals surface area contributed by atoms with Gasteiger partial charge in [0.2, 0.25) is 15.8 Å². The van der Waals surface area contributed by atoms with Crippen LogP contribution in [-0.2, 0) is 27.7 Å². The summed E-state index contributed by atoms with van der Waals surface area (Å²) < 4.78 is 32.2. The molecule has 0 saturated carbocycles. The highest BCUT2D eigenvalue weighted by Crippen LogP contribution is 2.30. The summed E-state index contributed by atoms with van der Waals surface area (Å²) in [6.45, 7) is 6.61. The van der Waals surface area contributed by atoms with E-state index in [-0.39, 0.29) is 12.4 Å². The highest BCUT2D eigenvalue weighted by atomic mass is 32.2. The Labute approximate surface area is 165 Å². The summed E-state index contributed by atoms with van der Waals surface area (Å²) in [6, 6.07) is 6.58. The highest BCUT2D eigenvalue weighted by molar-refractivity contribution is 7.92. The number of carbonyl (C=O) groups excluding carboxylic acids is 2. The molecule has 3 rings (SSSR count). The molecule has 0 N–H and O–H groups in total. The SMILES string of the molecule is CCn1c(C)cc(C(=O)COC(=O)c2ccc3c(c2)CCN3S(C)(=O)=O)c1C. The minimum absolute atomic E-state index is 0.245. The zero-order valence-corrected chi connectivity index (χ0v) is 17.3. The van der Waals surface area contributed by atoms with E-state index in [1.165, 1.54) is 10.4 Å². The summed E-state index contributed by atoms with van der Waals surface area (Å²) >= 11 is 0. The van der Waals surface area contributed by atoms with Crippen LogP contribution < -0.4 is 4.31 Å². The van der Waals surface area contributed by atoms with Crippen molar-refractivity contribution < 1.29 is 22.7 Å². The quantitative estimate of drug-likeness (QED) is 0.545. The van der Waals surface area contributed by atoms with Crippen LogP contribution in [0.15, 0.2) is 24.3 Å². The number of aryl methyl sites for hydroxylation is 1. The number of ether oxygens (including phenoxy) is 1. The van der Waals surface area contributed by atoms with Gasteiger partial charge in [0.1, 0.15) is 0 Å². The Morgan fingerprint density at radius 1 is 1.18 bits per heavy atom. The fourth-order valence-corrected chi connectivity index (χ4v) is 4.66. The number of hydrogen-bond donors (Lipinski definition) is 0. The summed E-state index contributed by atoms with van der Waals surface area (Å²) in [5.41, 5.74) is 4.08. The largest absolute Gasteiger partial charge is 0.454 e. The fourth-order valence-electron chi connectivity index (χ4n) is 3.71. The number of benzene rings is 1. The first-order valence-corrected chi connectivity index (χ1v) is 11.0. The van der Waals surface area contributed by atoms with Gasteiger partial charge >= 0.3 is 5.97 Å². The van der Waals surface area contributed by atoms with Crippen LogP contribution in [-0.4, -0.2) is 44.1 Å². The second-order valence-electron chi connectivity index (χ2n) is 6.96. The minimum atomic E-state index is -3.34. The molecule has 0 saturated heterocycles. The lowest BCUT2D eigenvalue weighted by molar-refractivity contribution is 0.0474. The lowest BCUT2D eigenvalue weighted by Crippen LogP contribution is -2.27. The third-order valence-electron chi connectivity index (χ3n) is 5.09. The first-order chi connectivity index (χ1) is 13.1. The number of anilines is 1. The third-order valence-corrected chi connectivity index (χ3v) is 6.27. The van der Waals surface area contributed by atoms with Gasteiger partial charge in [-0.05, 0) is 57.0 Å². The normalized spacial score (nSPS) is 13.5. The summed E-state index contributed by atoms with van der Waals surface area (Å²) in [5, 5.41) is 0. The molecule has 0 amide bonds. The summed E-state index contributed by atoms with van der Waals surface area (Å²) in [7, 11) is -3.34. The first kappa shape index (κ1) is 20.1. The molecule has 0 bridgehead atoms. The Bertz CT molecular complexity index is 1050. The monoisotopic (exact) mass is 404 g/mol. The molecule has 2 heterocycles. The van der Waals surface area contributed by atoms with Crippen LogP contribution in [0.3, 0.4) is 0 Å². The van der Waals surface area contributed by atoms with E-state index in [1.54, 1.807) is 12.1 Å². The number of aromatic nitrogens is 1. The van der Waals surface area contributed by atoms with Crippen LogP contribution in [0.25, 0.3) is 0 Å². The molecule has 1 aliphatic heterocycles. The van der Waals surface area contributed by atoms with Crippen molar-refractivity contribution in [2.24, 2.45) is 0 Å². The lowest BCUT2D eigenvalue weighted by atomic mass is 10.1. The van der Waals surface area contributed by atoms with E-state index >= 15 is 0 Å². The van der Waals surface area contributed by atoms with Gasteiger partial charge in [-0.15, -0.1) is 0 Å². The topological polar surface area (TPSA) is 85.7 Å². The van der Waals surface area contributed by atoms with Crippen LogP contribution in [0.2, 0.25) is 0 Å². The molecule has 0 atom stereocenters. The first-order valence-electron chi connectivity index (χ1n) is 9.11. The van der Waals surface area contributed by atoms with Gasteiger partial charge in [0, 0.05) is 30.0 Å². The van der Waals surface area contributed by atoms with E-state index in [0.29, 0.717) is 29.8 Å². The number of hydrogen-bond acceptors (Lipinski definition) is 5. The third kappa shape index (κ3) is 3.69. The molecule has 0 unspecified atom stereocenters. The van der Waals surface area contributed by atoms with Gasteiger partial charge in [0.15, 0.2) is 6.61 Å².